The van der Waals surface area contributed by atoms with Crippen molar-refractivity contribution in [3.63, 3.8) is 0 Å². The summed E-state index contributed by atoms with van der Waals surface area (Å²) in [6.45, 7) is 0. The molecule has 0 spiro atoms. The van der Waals surface area contributed by atoms with Gasteiger partial charge in [0.2, 0.25) is 0 Å². The minimum Gasteiger partial charge on any atom is -0.386 e. The number of nitrogens with one attached hydrogen (secondary N) is 1. The van der Waals surface area contributed by atoms with Gasteiger partial charge in [-0.15, -0.1) is 0 Å². The molecule has 3 aromatic carbocycles. The van der Waals surface area contributed by atoms with Crippen molar-refractivity contribution in [1.82, 2.24) is 5.32 Å². The molecular weight excluding hydrogens is 314 g/mol. The van der Waals surface area contributed by atoms with Crippen LogP contribution in [0.25, 0.3) is 0 Å². The molecule has 0 aliphatic heterocycles. The van der Waals surface area contributed by atoms with E-state index in [2.05, 4.69) is 5.32 Å². The van der Waals surface area contributed by atoms with E-state index in [4.69, 9.17) is 12.2 Å². The van der Waals surface area contributed by atoms with E-state index in [1.807, 2.05) is 91.0 Å². The maximum Gasteiger partial charge on any atom is 0.107 e. The summed E-state index contributed by atoms with van der Waals surface area (Å²) in [6, 6.07) is 29.0. The quantitative estimate of drug-likeness (QED) is 0.678. The molecular formula is C21H19NOS. The fourth-order valence-electron chi connectivity index (χ4n) is 2.66. The van der Waals surface area contributed by atoms with Crippen LogP contribution >= 0.6 is 12.2 Å². The SMILES string of the molecule is O[C@@H](c1ccccc1)[C@@H](NC(=S)c1ccccc1)c1ccccc1. The van der Waals surface area contributed by atoms with Crippen LogP contribution in [0.1, 0.15) is 28.8 Å². The number of aliphatic hydroxyl groups is 1. The van der Waals surface area contributed by atoms with E-state index < -0.39 is 6.10 Å². The zero-order chi connectivity index (χ0) is 16.8. The molecule has 0 bridgehead atoms. The third kappa shape index (κ3) is 3.88. The minimum atomic E-state index is -0.699. The zero-order valence-corrected chi connectivity index (χ0v) is 14.0. The monoisotopic (exact) mass is 333 g/mol. The molecule has 2 nitrogen and oxygen atoms in total. The van der Waals surface area contributed by atoms with Gasteiger partial charge in [0.05, 0.1) is 6.04 Å². The molecule has 0 radical (unpaired) electrons. The Bertz CT molecular complexity index is 775. The average Bonchev–Trinajstić information content (AvgIpc) is 2.67. The number of aliphatic hydroxyl groups excluding tert-OH is 1. The Balaban J connectivity index is 1.90. The van der Waals surface area contributed by atoms with Crippen LogP contribution in [0, 0.1) is 0 Å². The Labute approximate surface area is 147 Å². The fourth-order valence-corrected chi connectivity index (χ4v) is 2.92. The van der Waals surface area contributed by atoms with Gasteiger partial charge in [0.1, 0.15) is 11.1 Å². The smallest absolute Gasteiger partial charge is 0.107 e. The van der Waals surface area contributed by atoms with Crippen molar-refractivity contribution in [2.45, 2.75) is 12.1 Å². The van der Waals surface area contributed by atoms with E-state index in [9.17, 15) is 5.11 Å². The number of hydrogen-bond acceptors (Lipinski definition) is 2. The number of benzene rings is 3. The molecule has 0 aliphatic carbocycles. The van der Waals surface area contributed by atoms with E-state index in [0.29, 0.717) is 4.99 Å². The van der Waals surface area contributed by atoms with Crippen molar-refractivity contribution in [2.24, 2.45) is 0 Å². The molecule has 3 aromatic rings. The van der Waals surface area contributed by atoms with Gasteiger partial charge in [-0.3, -0.25) is 0 Å². The normalized spacial score (nSPS) is 13.0. The van der Waals surface area contributed by atoms with Crippen LogP contribution in [-0.2, 0) is 0 Å². The summed E-state index contributed by atoms with van der Waals surface area (Å²) in [5.41, 5.74) is 2.79. The van der Waals surface area contributed by atoms with Gasteiger partial charge >= 0.3 is 0 Å². The lowest BCUT2D eigenvalue weighted by atomic mass is 9.95. The van der Waals surface area contributed by atoms with Crippen LogP contribution < -0.4 is 5.32 Å². The molecule has 120 valence electrons. The Morgan fingerprint density at radius 1 is 0.708 bits per heavy atom. The van der Waals surface area contributed by atoms with Crippen molar-refractivity contribution in [2.75, 3.05) is 0 Å². The largest absolute Gasteiger partial charge is 0.386 e. The summed E-state index contributed by atoms with van der Waals surface area (Å²) in [5, 5.41) is 14.2. The second kappa shape index (κ2) is 7.86. The van der Waals surface area contributed by atoms with E-state index in [1.54, 1.807) is 0 Å². The zero-order valence-electron chi connectivity index (χ0n) is 13.2. The van der Waals surface area contributed by atoms with Crippen LogP contribution in [0.2, 0.25) is 0 Å². The first-order chi connectivity index (χ1) is 11.8. The molecule has 0 aliphatic rings. The van der Waals surface area contributed by atoms with E-state index in [0.717, 1.165) is 16.7 Å². The van der Waals surface area contributed by atoms with Crippen LogP contribution in [0.15, 0.2) is 91.0 Å². The lowest BCUT2D eigenvalue weighted by Gasteiger charge is -2.26. The van der Waals surface area contributed by atoms with Crippen molar-refractivity contribution in [3.05, 3.63) is 108 Å². The minimum absolute atomic E-state index is 0.318. The van der Waals surface area contributed by atoms with Gasteiger partial charge < -0.3 is 10.4 Å². The maximum atomic E-state index is 10.9. The second-order valence-corrected chi connectivity index (χ2v) is 5.99. The van der Waals surface area contributed by atoms with E-state index >= 15 is 0 Å². The van der Waals surface area contributed by atoms with Crippen molar-refractivity contribution >= 4 is 17.2 Å². The predicted molar refractivity (Wildman–Crippen MR) is 102 cm³/mol. The van der Waals surface area contributed by atoms with E-state index in [-0.39, 0.29) is 6.04 Å². The van der Waals surface area contributed by atoms with Gasteiger partial charge in [0, 0.05) is 5.56 Å². The van der Waals surface area contributed by atoms with Crippen LogP contribution in [0.5, 0.6) is 0 Å². The van der Waals surface area contributed by atoms with Gasteiger partial charge in [0.25, 0.3) is 0 Å². The molecule has 0 saturated carbocycles. The Morgan fingerprint density at radius 3 is 1.71 bits per heavy atom. The summed E-state index contributed by atoms with van der Waals surface area (Å²) < 4.78 is 0. The summed E-state index contributed by atoms with van der Waals surface area (Å²) in [5.74, 6) is 0. The first-order valence-corrected chi connectivity index (χ1v) is 8.30. The van der Waals surface area contributed by atoms with Gasteiger partial charge in [-0.2, -0.15) is 0 Å². The molecule has 24 heavy (non-hydrogen) atoms. The summed E-state index contributed by atoms with van der Waals surface area (Å²) >= 11 is 5.54. The Hall–Kier alpha value is -2.49. The van der Waals surface area contributed by atoms with Gasteiger partial charge in [-0.25, -0.2) is 0 Å². The van der Waals surface area contributed by atoms with Gasteiger partial charge in [-0.1, -0.05) is 103 Å². The highest BCUT2D eigenvalue weighted by Gasteiger charge is 2.23. The second-order valence-electron chi connectivity index (χ2n) is 5.58. The number of rotatable bonds is 5. The van der Waals surface area contributed by atoms with Crippen LogP contribution in [0.3, 0.4) is 0 Å². The third-order valence-electron chi connectivity index (χ3n) is 3.94. The highest BCUT2D eigenvalue weighted by atomic mass is 32.1. The lowest BCUT2D eigenvalue weighted by molar-refractivity contribution is 0.138. The summed E-state index contributed by atoms with van der Waals surface area (Å²) in [6.07, 6.45) is -0.699. The van der Waals surface area contributed by atoms with E-state index in [1.165, 1.54) is 0 Å². The highest BCUT2D eigenvalue weighted by molar-refractivity contribution is 7.80. The predicted octanol–water partition coefficient (Wildman–Crippen LogP) is 4.43. The van der Waals surface area contributed by atoms with Crippen LogP contribution in [-0.4, -0.2) is 10.1 Å². The molecule has 0 amide bonds. The summed E-state index contributed by atoms with van der Waals surface area (Å²) in [4.78, 5) is 0.624. The van der Waals surface area contributed by atoms with Crippen LogP contribution in [0.4, 0.5) is 0 Å². The fraction of sp³-hybridized carbons (Fsp3) is 0.0952. The Morgan fingerprint density at radius 2 is 1.17 bits per heavy atom. The summed E-state index contributed by atoms with van der Waals surface area (Å²) in [7, 11) is 0. The lowest BCUT2D eigenvalue weighted by Crippen LogP contribution is -2.32. The van der Waals surface area contributed by atoms with Gasteiger partial charge in [0.15, 0.2) is 0 Å². The molecule has 3 heteroatoms. The first kappa shape index (κ1) is 16.4. The third-order valence-corrected chi connectivity index (χ3v) is 4.29. The Kier molecular flexibility index (Phi) is 5.36. The number of hydrogen-bond donors (Lipinski definition) is 2. The molecule has 0 saturated heterocycles. The molecule has 2 atom stereocenters. The molecule has 3 rings (SSSR count). The molecule has 0 heterocycles. The average molecular weight is 333 g/mol. The molecule has 0 fully saturated rings. The van der Waals surface area contributed by atoms with Crippen molar-refractivity contribution in [1.29, 1.82) is 0 Å². The molecule has 0 unspecified atom stereocenters. The topological polar surface area (TPSA) is 32.3 Å². The maximum absolute atomic E-state index is 10.9. The standard InChI is InChI=1S/C21H19NOS/c23-20(17-12-6-2-7-13-17)19(16-10-4-1-5-11-16)22-21(24)18-14-8-3-9-15-18/h1-15,19-20,23H,(H,22,24)/t19-,20-/m0/s1. The molecule has 0 aromatic heterocycles. The van der Waals surface area contributed by atoms with Crippen molar-refractivity contribution in [3.8, 4) is 0 Å². The van der Waals surface area contributed by atoms with Gasteiger partial charge in [-0.05, 0) is 11.1 Å². The molecule has 2 N–H and O–H groups in total. The first-order valence-electron chi connectivity index (χ1n) is 7.89. The highest BCUT2D eigenvalue weighted by Crippen LogP contribution is 2.29. The number of thiocarbonyl (C=S) groups is 1. The van der Waals surface area contributed by atoms with Crippen molar-refractivity contribution < 1.29 is 5.11 Å².